The van der Waals surface area contributed by atoms with E-state index in [0.29, 0.717) is 0 Å². The summed E-state index contributed by atoms with van der Waals surface area (Å²) in [5.74, 6) is 1.56. The summed E-state index contributed by atoms with van der Waals surface area (Å²) in [7, 11) is 7.19. The van der Waals surface area contributed by atoms with Crippen LogP contribution < -0.4 is 14.8 Å². The van der Waals surface area contributed by atoms with Crippen LogP contribution in [0.1, 0.15) is 22.9 Å². The van der Waals surface area contributed by atoms with Crippen LogP contribution in [0.25, 0.3) is 0 Å². The van der Waals surface area contributed by atoms with Crippen LogP contribution in [0.5, 0.6) is 11.5 Å². The highest BCUT2D eigenvalue weighted by Gasteiger charge is 2.18. The van der Waals surface area contributed by atoms with E-state index in [2.05, 4.69) is 17.3 Å². The monoisotopic (exact) mass is 275 g/mol. The Morgan fingerprint density at radius 3 is 2.15 bits per heavy atom. The topological polar surface area (TPSA) is 48.3 Å². The number of ether oxygens (including phenoxy) is 2. The van der Waals surface area contributed by atoms with Crippen LogP contribution in [-0.4, -0.2) is 31.0 Å². The Bertz CT molecular complexity index is 571. The van der Waals surface area contributed by atoms with Gasteiger partial charge < -0.3 is 14.8 Å². The van der Waals surface area contributed by atoms with Gasteiger partial charge in [0.25, 0.3) is 0 Å². The zero-order chi connectivity index (χ0) is 14.7. The number of nitrogens with zero attached hydrogens (tertiary/aromatic N) is 2. The molecule has 0 bridgehead atoms. The Kier molecular flexibility index (Phi) is 4.29. The van der Waals surface area contributed by atoms with Crippen molar-refractivity contribution < 1.29 is 9.47 Å². The van der Waals surface area contributed by atoms with Gasteiger partial charge in [-0.1, -0.05) is 0 Å². The first-order valence-electron chi connectivity index (χ1n) is 6.49. The standard InChI is InChI=1S/C15H21N3O2/c1-10-14(9-17-18(10)3)15(16-2)11-6-12(19-4)8-13(7-11)20-5/h6-9,15-16H,1-5H3. The highest BCUT2D eigenvalue weighted by Crippen LogP contribution is 2.30. The average molecular weight is 275 g/mol. The maximum absolute atomic E-state index is 5.33. The molecule has 0 aliphatic carbocycles. The van der Waals surface area contributed by atoms with Gasteiger partial charge in [0.1, 0.15) is 11.5 Å². The summed E-state index contributed by atoms with van der Waals surface area (Å²) in [5, 5.41) is 7.64. The number of benzene rings is 1. The predicted octanol–water partition coefficient (Wildman–Crippen LogP) is 2.05. The van der Waals surface area contributed by atoms with Crippen molar-refractivity contribution in [3.63, 3.8) is 0 Å². The quantitative estimate of drug-likeness (QED) is 0.907. The molecule has 0 radical (unpaired) electrons. The Morgan fingerprint density at radius 2 is 1.75 bits per heavy atom. The molecule has 1 aromatic heterocycles. The van der Waals surface area contributed by atoms with Crippen LogP contribution in [0.3, 0.4) is 0 Å². The SMILES string of the molecule is CNC(c1cc(OC)cc(OC)c1)c1cnn(C)c1C. The van der Waals surface area contributed by atoms with Crippen molar-refractivity contribution in [2.75, 3.05) is 21.3 Å². The van der Waals surface area contributed by atoms with Gasteiger partial charge in [-0.3, -0.25) is 4.68 Å². The highest BCUT2D eigenvalue weighted by molar-refractivity contribution is 5.43. The molecular weight excluding hydrogens is 254 g/mol. The summed E-state index contributed by atoms with van der Waals surface area (Å²) >= 11 is 0. The molecule has 1 aromatic carbocycles. The van der Waals surface area contributed by atoms with Crippen molar-refractivity contribution in [3.8, 4) is 11.5 Å². The van der Waals surface area contributed by atoms with Crippen LogP contribution in [0.2, 0.25) is 0 Å². The number of nitrogens with one attached hydrogen (secondary N) is 1. The molecule has 5 heteroatoms. The molecule has 1 unspecified atom stereocenters. The van der Waals surface area contributed by atoms with Crippen LogP contribution in [-0.2, 0) is 7.05 Å². The summed E-state index contributed by atoms with van der Waals surface area (Å²) in [6.07, 6.45) is 1.89. The summed E-state index contributed by atoms with van der Waals surface area (Å²) in [4.78, 5) is 0. The predicted molar refractivity (Wildman–Crippen MR) is 78.4 cm³/mol. The van der Waals surface area contributed by atoms with Crippen molar-refractivity contribution >= 4 is 0 Å². The summed E-state index contributed by atoms with van der Waals surface area (Å²) < 4.78 is 12.5. The van der Waals surface area contributed by atoms with E-state index in [1.807, 2.05) is 43.2 Å². The third-order valence-corrected chi connectivity index (χ3v) is 3.58. The van der Waals surface area contributed by atoms with Crippen molar-refractivity contribution in [3.05, 3.63) is 41.2 Å². The van der Waals surface area contributed by atoms with Gasteiger partial charge in [0.2, 0.25) is 0 Å². The molecule has 5 nitrogen and oxygen atoms in total. The molecule has 0 spiro atoms. The number of hydrogen-bond acceptors (Lipinski definition) is 4. The van der Waals surface area contributed by atoms with Crippen molar-refractivity contribution in [2.24, 2.45) is 7.05 Å². The molecule has 2 aromatic rings. The van der Waals surface area contributed by atoms with Crippen LogP contribution in [0.4, 0.5) is 0 Å². The Labute approximate surface area is 119 Å². The van der Waals surface area contributed by atoms with Gasteiger partial charge in [0.05, 0.1) is 26.5 Å². The number of rotatable bonds is 5. The highest BCUT2D eigenvalue weighted by atomic mass is 16.5. The molecule has 0 amide bonds. The Balaban J connectivity index is 2.48. The van der Waals surface area contributed by atoms with Gasteiger partial charge >= 0.3 is 0 Å². The molecule has 1 atom stereocenters. The van der Waals surface area contributed by atoms with Gasteiger partial charge in [-0.15, -0.1) is 0 Å². The fourth-order valence-corrected chi connectivity index (χ4v) is 2.30. The van der Waals surface area contributed by atoms with Gasteiger partial charge in [0, 0.05) is 24.4 Å². The molecule has 0 aliphatic rings. The lowest BCUT2D eigenvalue weighted by Gasteiger charge is -2.18. The molecule has 1 heterocycles. The number of methoxy groups -OCH3 is 2. The lowest BCUT2D eigenvalue weighted by Crippen LogP contribution is -2.18. The molecule has 0 fully saturated rings. The normalized spacial score (nSPS) is 12.2. The molecule has 108 valence electrons. The van der Waals surface area contributed by atoms with Gasteiger partial charge in [-0.25, -0.2) is 0 Å². The van der Waals surface area contributed by atoms with E-state index in [1.54, 1.807) is 14.2 Å². The molecule has 0 saturated carbocycles. The molecular formula is C15H21N3O2. The van der Waals surface area contributed by atoms with E-state index < -0.39 is 0 Å². The van der Waals surface area contributed by atoms with E-state index in [9.17, 15) is 0 Å². The fraction of sp³-hybridized carbons (Fsp3) is 0.400. The van der Waals surface area contributed by atoms with Crippen LogP contribution in [0, 0.1) is 6.92 Å². The van der Waals surface area contributed by atoms with Gasteiger partial charge in [-0.2, -0.15) is 5.10 Å². The smallest absolute Gasteiger partial charge is 0.122 e. The third-order valence-electron chi connectivity index (χ3n) is 3.58. The second-order valence-corrected chi connectivity index (χ2v) is 4.68. The Morgan fingerprint density at radius 1 is 1.15 bits per heavy atom. The second kappa shape index (κ2) is 5.96. The molecule has 0 saturated heterocycles. The second-order valence-electron chi connectivity index (χ2n) is 4.68. The number of hydrogen-bond donors (Lipinski definition) is 1. The molecule has 20 heavy (non-hydrogen) atoms. The van der Waals surface area contributed by atoms with E-state index in [1.165, 1.54) is 0 Å². The third kappa shape index (κ3) is 2.63. The van der Waals surface area contributed by atoms with Gasteiger partial charge in [0.15, 0.2) is 0 Å². The minimum atomic E-state index is 0.0488. The largest absolute Gasteiger partial charge is 0.497 e. The van der Waals surface area contributed by atoms with Crippen LogP contribution in [0.15, 0.2) is 24.4 Å². The molecule has 2 rings (SSSR count). The molecule has 0 aliphatic heterocycles. The van der Waals surface area contributed by atoms with E-state index in [0.717, 1.165) is 28.3 Å². The van der Waals surface area contributed by atoms with Crippen molar-refractivity contribution in [1.82, 2.24) is 15.1 Å². The lowest BCUT2D eigenvalue weighted by atomic mass is 9.99. The zero-order valence-corrected chi connectivity index (χ0v) is 12.6. The minimum absolute atomic E-state index is 0.0488. The summed E-state index contributed by atoms with van der Waals surface area (Å²) in [6, 6.07) is 5.94. The maximum Gasteiger partial charge on any atom is 0.122 e. The zero-order valence-electron chi connectivity index (χ0n) is 12.6. The first-order chi connectivity index (χ1) is 9.60. The van der Waals surface area contributed by atoms with Crippen molar-refractivity contribution in [1.29, 1.82) is 0 Å². The van der Waals surface area contributed by atoms with E-state index in [-0.39, 0.29) is 6.04 Å². The molecule has 1 N–H and O–H groups in total. The van der Waals surface area contributed by atoms with E-state index in [4.69, 9.17) is 9.47 Å². The maximum atomic E-state index is 5.33. The summed E-state index contributed by atoms with van der Waals surface area (Å²) in [6.45, 7) is 2.06. The summed E-state index contributed by atoms with van der Waals surface area (Å²) in [5.41, 5.74) is 3.36. The Hall–Kier alpha value is -2.01. The number of aromatic nitrogens is 2. The lowest BCUT2D eigenvalue weighted by molar-refractivity contribution is 0.392. The first kappa shape index (κ1) is 14.4. The minimum Gasteiger partial charge on any atom is -0.497 e. The number of aryl methyl sites for hydroxylation is 1. The van der Waals surface area contributed by atoms with Crippen molar-refractivity contribution in [2.45, 2.75) is 13.0 Å². The van der Waals surface area contributed by atoms with Crippen LogP contribution >= 0.6 is 0 Å². The fourth-order valence-electron chi connectivity index (χ4n) is 2.30. The average Bonchev–Trinajstić information content (AvgIpc) is 2.80. The van der Waals surface area contributed by atoms with Gasteiger partial charge in [-0.05, 0) is 31.7 Å². The van der Waals surface area contributed by atoms with E-state index >= 15 is 0 Å². The first-order valence-corrected chi connectivity index (χ1v) is 6.49.